The van der Waals surface area contributed by atoms with Gasteiger partial charge in [-0.05, 0) is 49.4 Å². The Morgan fingerprint density at radius 1 is 0.727 bits per heavy atom. The summed E-state index contributed by atoms with van der Waals surface area (Å²) in [5.41, 5.74) is 6.99. The average molecular weight is 289 g/mol. The number of rotatable bonds is 5. The zero-order valence-electron chi connectivity index (χ0n) is 13.4. The molecule has 22 heavy (non-hydrogen) atoms. The lowest BCUT2D eigenvalue weighted by Gasteiger charge is -2.10. The van der Waals surface area contributed by atoms with Crippen LogP contribution in [0.25, 0.3) is 0 Å². The molecule has 112 valence electrons. The number of nitrogens with zero attached hydrogens (tertiary/aromatic N) is 1. The van der Waals surface area contributed by atoms with E-state index in [1.54, 1.807) is 0 Å². The van der Waals surface area contributed by atoms with Gasteiger partial charge in [-0.25, -0.2) is 0 Å². The summed E-state index contributed by atoms with van der Waals surface area (Å²) in [6.07, 6.45) is 2.22. The molecule has 2 aromatic carbocycles. The van der Waals surface area contributed by atoms with Gasteiger partial charge in [0.15, 0.2) is 0 Å². The lowest BCUT2D eigenvalue weighted by atomic mass is 10.0. The first kappa shape index (κ1) is 14.6. The van der Waals surface area contributed by atoms with E-state index >= 15 is 0 Å². The van der Waals surface area contributed by atoms with Gasteiger partial charge in [-0.1, -0.05) is 60.7 Å². The van der Waals surface area contributed by atoms with Crippen molar-refractivity contribution >= 4 is 0 Å². The smallest absolute Gasteiger partial charge is 0.0475 e. The van der Waals surface area contributed by atoms with Crippen molar-refractivity contribution in [3.8, 4) is 0 Å². The van der Waals surface area contributed by atoms with E-state index < -0.39 is 0 Å². The third kappa shape index (κ3) is 3.30. The van der Waals surface area contributed by atoms with E-state index in [4.69, 9.17) is 0 Å². The summed E-state index contributed by atoms with van der Waals surface area (Å²) >= 11 is 0. The fourth-order valence-corrected chi connectivity index (χ4v) is 3.06. The highest BCUT2D eigenvalue weighted by atomic mass is 15.0. The molecule has 3 aromatic rings. The van der Waals surface area contributed by atoms with Gasteiger partial charge in [-0.2, -0.15) is 0 Å². The molecule has 1 nitrogen and oxygen atoms in total. The Balaban J connectivity index is 1.75. The van der Waals surface area contributed by atoms with Gasteiger partial charge >= 0.3 is 0 Å². The lowest BCUT2D eigenvalue weighted by molar-refractivity contribution is 0.743. The van der Waals surface area contributed by atoms with E-state index in [1.807, 2.05) is 0 Å². The SMILES string of the molecule is Cc1cc(CCc2ccccc2)c(C)n1Cc1ccccc1. The monoisotopic (exact) mass is 289 g/mol. The van der Waals surface area contributed by atoms with Crippen molar-refractivity contribution in [2.75, 3.05) is 0 Å². The van der Waals surface area contributed by atoms with Gasteiger partial charge in [-0.3, -0.25) is 0 Å². The second kappa shape index (κ2) is 6.65. The molecular formula is C21H23N. The van der Waals surface area contributed by atoms with Gasteiger partial charge in [0.25, 0.3) is 0 Å². The predicted molar refractivity (Wildman–Crippen MR) is 93.3 cm³/mol. The molecule has 0 aliphatic heterocycles. The molecule has 1 heteroatoms. The van der Waals surface area contributed by atoms with Crippen molar-refractivity contribution in [2.24, 2.45) is 0 Å². The van der Waals surface area contributed by atoms with E-state index in [9.17, 15) is 0 Å². The van der Waals surface area contributed by atoms with E-state index in [0.717, 1.165) is 19.4 Å². The van der Waals surface area contributed by atoms with Gasteiger partial charge in [0.1, 0.15) is 0 Å². The topological polar surface area (TPSA) is 4.93 Å². The Bertz CT molecular complexity index is 723. The molecule has 0 bridgehead atoms. The van der Waals surface area contributed by atoms with Crippen molar-refractivity contribution in [1.29, 1.82) is 0 Å². The van der Waals surface area contributed by atoms with Crippen molar-refractivity contribution < 1.29 is 0 Å². The zero-order valence-corrected chi connectivity index (χ0v) is 13.4. The second-order valence-electron chi connectivity index (χ2n) is 5.95. The maximum Gasteiger partial charge on any atom is 0.0475 e. The van der Waals surface area contributed by atoms with Gasteiger partial charge in [0, 0.05) is 17.9 Å². The van der Waals surface area contributed by atoms with Crippen LogP contribution < -0.4 is 0 Å². The molecule has 0 saturated carbocycles. The maximum absolute atomic E-state index is 2.43. The fourth-order valence-electron chi connectivity index (χ4n) is 3.06. The Kier molecular flexibility index (Phi) is 4.43. The molecule has 0 atom stereocenters. The van der Waals surface area contributed by atoms with Gasteiger partial charge < -0.3 is 4.57 Å². The Morgan fingerprint density at radius 2 is 1.32 bits per heavy atom. The minimum Gasteiger partial charge on any atom is -0.345 e. The fraction of sp³-hybridized carbons (Fsp3) is 0.238. The molecule has 0 aliphatic rings. The Morgan fingerprint density at radius 3 is 1.95 bits per heavy atom. The number of benzene rings is 2. The standard InChI is InChI=1S/C21H23N/c1-17-15-21(14-13-19-9-5-3-6-10-19)18(2)22(17)16-20-11-7-4-8-12-20/h3-12,15H,13-14,16H2,1-2H3. The minimum atomic E-state index is 0.962. The van der Waals surface area contributed by atoms with Crippen LogP contribution in [-0.2, 0) is 19.4 Å². The zero-order chi connectivity index (χ0) is 15.4. The predicted octanol–water partition coefficient (Wildman–Crippen LogP) is 4.94. The summed E-state index contributed by atoms with van der Waals surface area (Å²) in [4.78, 5) is 0. The Labute approximate surface area is 133 Å². The van der Waals surface area contributed by atoms with Crippen LogP contribution in [0.4, 0.5) is 0 Å². The van der Waals surface area contributed by atoms with E-state index in [1.165, 1.54) is 28.1 Å². The highest BCUT2D eigenvalue weighted by Crippen LogP contribution is 2.19. The maximum atomic E-state index is 2.43. The second-order valence-corrected chi connectivity index (χ2v) is 5.95. The first-order valence-corrected chi connectivity index (χ1v) is 7.97. The highest BCUT2D eigenvalue weighted by Gasteiger charge is 2.09. The van der Waals surface area contributed by atoms with Crippen LogP contribution in [0.3, 0.4) is 0 Å². The average Bonchev–Trinajstić information content (AvgIpc) is 2.82. The van der Waals surface area contributed by atoms with Crippen LogP contribution in [0.1, 0.15) is 28.1 Å². The van der Waals surface area contributed by atoms with Crippen molar-refractivity contribution in [3.63, 3.8) is 0 Å². The number of hydrogen-bond acceptors (Lipinski definition) is 0. The van der Waals surface area contributed by atoms with Crippen LogP contribution in [-0.4, -0.2) is 4.57 Å². The third-order valence-electron chi connectivity index (χ3n) is 4.39. The molecule has 0 N–H and O–H groups in total. The molecule has 0 unspecified atom stereocenters. The van der Waals surface area contributed by atoms with Gasteiger partial charge in [-0.15, -0.1) is 0 Å². The molecule has 0 fully saturated rings. The Hall–Kier alpha value is -2.28. The number of aromatic nitrogens is 1. The van der Waals surface area contributed by atoms with E-state index in [-0.39, 0.29) is 0 Å². The summed E-state index contributed by atoms with van der Waals surface area (Å²) < 4.78 is 2.43. The van der Waals surface area contributed by atoms with E-state index in [0.29, 0.717) is 0 Å². The molecule has 3 rings (SSSR count). The molecule has 0 saturated heterocycles. The minimum absolute atomic E-state index is 0.962. The lowest BCUT2D eigenvalue weighted by Crippen LogP contribution is -2.04. The van der Waals surface area contributed by atoms with E-state index in [2.05, 4.69) is 85.1 Å². The molecular weight excluding hydrogens is 266 g/mol. The largest absolute Gasteiger partial charge is 0.345 e. The quantitative estimate of drug-likeness (QED) is 0.627. The highest BCUT2D eigenvalue weighted by molar-refractivity contribution is 5.30. The summed E-state index contributed by atoms with van der Waals surface area (Å²) in [5.74, 6) is 0. The van der Waals surface area contributed by atoms with Crippen molar-refractivity contribution in [3.05, 3.63) is 94.8 Å². The summed E-state index contributed by atoms with van der Waals surface area (Å²) in [5, 5.41) is 0. The molecule has 0 amide bonds. The molecule has 1 heterocycles. The molecule has 0 spiro atoms. The third-order valence-corrected chi connectivity index (χ3v) is 4.39. The van der Waals surface area contributed by atoms with Gasteiger partial charge in [0.2, 0.25) is 0 Å². The molecule has 0 radical (unpaired) electrons. The van der Waals surface area contributed by atoms with Crippen LogP contribution in [0.15, 0.2) is 66.7 Å². The van der Waals surface area contributed by atoms with Gasteiger partial charge in [0.05, 0.1) is 0 Å². The first-order valence-electron chi connectivity index (χ1n) is 7.97. The van der Waals surface area contributed by atoms with Crippen LogP contribution in [0.2, 0.25) is 0 Å². The van der Waals surface area contributed by atoms with Crippen molar-refractivity contribution in [2.45, 2.75) is 33.2 Å². The summed E-state index contributed by atoms with van der Waals surface area (Å²) in [6, 6.07) is 23.8. The van der Waals surface area contributed by atoms with Crippen LogP contribution in [0, 0.1) is 13.8 Å². The van der Waals surface area contributed by atoms with Crippen molar-refractivity contribution in [1.82, 2.24) is 4.57 Å². The first-order chi connectivity index (χ1) is 10.7. The summed E-state index contributed by atoms with van der Waals surface area (Å²) in [7, 11) is 0. The molecule has 0 aliphatic carbocycles. The summed E-state index contributed by atoms with van der Waals surface area (Å²) in [6.45, 7) is 5.42. The van der Waals surface area contributed by atoms with Crippen LogP contribution in [0.5, 0.6) is 0 Å². The van der Waals surface area contributed by atoms with Crippen LogP contribution >= 0.6 is 0 Å². The normalized spacial score (nSPS) is 10.8. The molecule has 1 aromatic heterocycles. The number of aryl methyl sites for hydroxylation is 3. The number of hydrogen-bond donors (Lipinski definition) is 0.